The Bertz CT molecular complexity index is 973. The Labute approximate surface area is 163 Å². The number of ether oxygens (including phenoxy) is 1. The molecule has 0 radical (unpaired) electrons. The van der Waals surface area contributed by atoms with Crippen molar-refractivity contribution >= 4 is 23.3 Å². The minimum atomic E-state index is -4.94. The van der Waals surface area contributed by atoms with Gasteiger partial charge in [0.1, 0.15) is 0 Å². The number of carbonyl (C=O) groups excluding carboxylic acids is 2. The van der Waals surface area contributed by atoms with Crippen molar-refractivity contribution in [3.8, 4) is 0 Å². The molecule has 0 heterocycles. The summed E-state index contributed by atoms with van der Waals surface area (Å²) in [6.45, 7) is 4.84. The Balaban J connectivity index is 2.17. The van der Waals surface area contributed by atoms with Crippen molar-refractivity contribution in [2.24, 2.45) is 0 Å². The average molecular weight is 410 g/mol. The summed E-state index contributed by atoms with van der Waals surface area (Å²) in [4.78, 5) is 34.1. The maximum atomic E-state index is 13.2. The van der Waals surface area contributed by atoms with Crippen LogP contribution in [0.25, 0.3) is 0 Å². The number of hydrogen-bond donors (Lipinski definition) is 1. The van der Waals surface area contributed by atoms with E-state index in [-0.39, 0.29) is 5.56 Å². The molecule has 2 aromatic rings. The van der Waals surface area contributed by atoms with E-state index in [0.717, 1.165) is 23.3 Å². The van der Waals surface area contributed by atoms with Gasteiger partial charge in [-0.05, 0) is 50.1 Å². The number of benzene rings is 2. The lowest BCUT2D eigenvalue weighted by atomic mass is 10.1. The van der Waals surface area contributed by atoms with Gasteiger partial charge in [0.2, 0.25) is 0 Å². The van der Waals surface area contributed by atoms with Crippen LogP contribution < -0.4 is 5.32 Å². The highest BCUT2D eigenvalue weighted by Crippen LogP contribution is 2.37. The molecule has 154 valence electrons. The maximum Gasteiger partial charge on any atom is 0.418 e. The number of halogens is 3. The molecule has 0 aliphatic heterocycles. The summed E-state index contributed by atoms with van der Waals surface area (Å²) in [7, 11) is 0. The smallest absolute Gasteiger partial charge is 0.418 e. The first-order chi connectivity index (χ1) is 13.4. The number of carbonyl (C=O) groups is 2. The van der Waals surface area contributed by atoms with E-state index in [4.69, 9.17) is 4.74 Å². The first kappa shape index (κ1) is 21.9. The van der Waals surface area contributed by atoms with Crippen molar-refractivity contribution in [3.63, 3.8) is 0 Å². The maximum absolute atomic E-state index is 13.2. The number of nitrogens with one attached hydrogen (secondary N) is 1. The molecule has 1 atom stereocenters. The van der Waals surface area contributed by atoms with Gasteiger partial charge in [-0.1, -0.05) is 6.07 Å². The Morgan fingerprint density at radius 1 is 1.10 bits per heavy atom. The van der Waals surface area contributed by atoms with Crippen LogP contribution in [0.5, 0.6) is 0 Å². The second kappa shape index (κ2) is 8.29. The third-order valence-corrected chi connectivity index (χ3v) is 4.17. The van der Waals surface area contributed by atoms with Gasteiger partial charge in [0.05, 0.1) is 21.7 Å². The third kappa shape index (κ3) is 5.31. The fourth-order valence-electron chi connectivity index (χ4n) is 2.37. The predicted octanol–water partition coefficient (Wildman–Crippen LogP) is 4.41. The lowest BCUT2D eigenvalue weighted by molar-refractivity contribution is -0.385. The average Bonchev–Trinajstić information content (AvgIpc) is 2.62. The van der Waals surface area contributed by atoms with E-state index in [1.165, 1.54) is 13.0 Å². The number of aryl methyl sites for hydroxylation is 2. The third-order valence-electron chi connectivity index (χ3n) is 4.17. The zero-order valence-corrected chi connectivity index (χ0v) is 15.7. The van der Waals surface area contributed by atoms with E-state index in [1.54, 1.807) is 19.1 Å². The zero-order valence-electron chi connectivity index (χ0n) is 15.7. The normalized spacial score (nSPS) is 12.2. The highest BCUT2D eigenvalue weighted by molar-refractivity contribution is 5.98. The van der Waals surface area contributed by atoms with Gasteiger partial charge in [0.25, 0.3) is 11.6 Å². The van der Waals surface area contributed by atoms with Gasteiger partial charge < -0.3 is 10.1 Å². The first-order valence-corrected chi connectivity index (χ1v) is 8.35. The lowest BCUT2D eigenvalue weighted by Gasteiger charge is -2.17. The van der Waals surface area contributed by atoms with Crippen molar-refractivity contribution in [1.82, 2.24) is 0 Å². The molecule has 1 amide bonds. The van der Waals surface area contributed by atoms with Crippen molar-refractivity contribution < 1.29 is 32.4 Å². The van der Waals surface area contributed by atoms with Crippen molar-refractivity contribution in [1.29, 1.82) is 0 Å². The number of hydrogen-bond acceptors (Lipinski definition) is 5. The predicted molar refractivity (Wildman–Crippen MR) is 97.5 cm³/mol. The first-order valence-electron chi connectivity index (χ1n) is 8.35. The van der Waals surface area contributed by atoms with Crippen LogP contribution in [0.3, 0.4) is 0 Å². The summed E-state index contributed by atoms with van der Waals surface area (Å²) in [6, 6.07) is 6.70. The number of rotatable bonds is 5. The Hall–Kier alpha value is -3.43. The van der Waals surface area contributed by atoms with Gasteiger partial charge >= 0.3 is 12.1 Å². The summed E-state index contributed by atoms with van der Waals surface area (Å²) >= 11 is 0. The van der Waals surface area contributed by atoms with E-state index in [2.05, 4.69) is 0 Å². The molecule has 0 aliphatic carbocycles. The molecule has 1 unspecified atom stereocenters. The minimum Gasteiger partial charge on any atom is -0.449 e. The number of non-ortho nitro benzene ring substituents is 1. The summed E-state index contributed by atoms with van der Waals surface area (Å²) in [5, 5.41) is 12.7. The zero-order chi connectivity index (χ0) is 21.9. The number of esters is 1. The molecule has 0 saturated heterocycles. The van der Waals surface area contributed by atoms with Gasteiger partial charge in [0, 0.05) is 12.1 Å². The molecule has 2 aromatic carbocycles. The largest absolute Gasteiger partial charge is 0.449 e. The molecule has 1 N–H and O–H groups in total. The van der Waals surface area contributed by atoms with Gasteiger partial charge in [-0.3, -0.25) is 14.9 Å². The lowest BCUT2D eigenvalue weighted by Crippen LogP contribution is -2.30. The van der Waals surface area contributed by atoms with Crippen LogP contribution in [-0.2, 0) is 15.7 Å². The molecular weight excluding hydrogens is 393 g/mol. The van der Waals surface area contributed by atoms with Crippen molar-refractivity contribution in [2.75, 3.05) is 5.32 Å². The Morgan fingerprint density at radius 2 is 1.76 bits per heavy atom. The fourth-order valence-corrected chi connectivity index (χ4v) is 2.37. The number of nitro benzene ring substituents is 1. The molecule has 0 aliphatic rings. The minimum absolute atomic E-state index is 0.194. The van der Waals surface area contributed by atoms with Crippen LogP contribution in [0.4, 0.5) is 24.5 Å². The fraction of sp³-hybridized carbons (Fsp3) is 0.263. The molecule has 0 fully saturated rings. The van der Waals surface area contributed by atoms with Gasteiger partial charge in [-0.2, -0.15) is 13.2 Å². The van der Waals surface area contributed by atoms with Gasteiger partial charge in [-0.25, -0.2) is 4.79 Å². The van der Waals surface area contributed by atoms with Gasteiger partial charge in [-0.15, -0.1) is 0 Å². The molecule has 10 heteroatoms. The Morgan fingerprint density at radius 3 is 2.31 bits per heavy atom. The van der Waals surface area contributed by atoms with Crippen LogP contribution in [0.1, 0.15) is 34.0 Å². The standard InChI is InChI=1S/C19H17F3N2O5/c1-10-4-5-13(8-11(10)2)18(26)29-12(3)17(25)23-16-7-6-14(24(27)28)9-15(16)19(20,21)22/h4-9,12H,1-3H3,(H,23,25). The Kier molecular flexibility index (Phi) is 6.25. The van der Waals surface area contributed by atoms with E-state index in [0.29, 0.717) is 6.07 Å². The molecule has 29 heavy (non-hydrogen) atoms. The van der Waals surface area contributed by atoms with Crippen LogP contribution in [0.2, 0.25) is 0 Å². The van der Waals surface area contributed by atoms with Crippen LogP contribution >= 0.6 is 0 Å². The van der Waals surface area contributed by atoms with E-state index in [9.17, 15) is 32.9 Å². The molecule has 0 saturated carbocycles. The summed E-state index contributed by atoms with van der Waals surface area (Å²) < 4.78 is 44.6. The molecule has 0 bridgehead atoms. The number of nitrogens with zero attached hydrogens (tertiary/aromatic N) is 1. The quantitative estimate of drug-likeness (QED) is 0.447. The molecule has 0 spiro atoms. The number of alkyl halides is 3. The summed E-state index contributed by atoms with van der Waals surface area (Å²) in [6.07, 6.45) is -6.34. The van der Waals surface area contributed by atoms with Crippen molar-refractivity contribution in [3.05, 3.63) is 68.8 Å². The van der Waals surface area contributed by atoms with Crippen LogP contribution in [-0.4, -0.2) is 22.9 Å². The number of anilines is 1. The summed E-state index contributed by atoms with van der Waals surface area (Å²) in [5.41, 5.74) is -0.860. The van der Waals surface area contributed by atoms with Gasteiger partial charge in [0.15, 0.2) is 6.10 Å². The monoisotopic (exact) mass is 410 g/mol. The second-order valence-electron chi connectivity index (χ2n) is 6.32. The highest BCUT2D eigenvalue weighted by atomic mass is 19.4. The summed E-state index contributed by atoms with van der Waals surface area (Å²) in [5.74, 6) is -1.82. The topological polar surface area (TPSA) is 98.5 Å². The second-order valence-corrected chi connectivity index (χ2v) is 6.32. The number of nitro groups is 1. The number of amides is 1. The molecule has 7 nitrogen and oxygen atoms in total. The van der Waals surface area contributed by atoms with E-state index in [1.807, 2.05) is 12.2 Å². The van der Waals surface area contributed by atoms with Crippen LogP contribution in [0, 0.1) is 24.0 Å². The molecular formula is C19H17F3N2O5. The van der Waals surface area contributed by atoms with E-state index < -0.39 is 46.0 Å². The van der Waals surface area contributed by atoms with Crippen molar-refractivity contribution in [2.45, 2.75) is 33.1 Å². The van der Waals surface area contributed by atoms with Crippen LogP contribution in [0.15, 0.2) is 36.4 Å². The highest BCUT2D eigenvalue weighted by Gasteiger charge is 2.36. The molecule has 2 rings (SSSR count). The SMILES string of the molecule is Cc1ccc(C(=O)OC(C)C(=O)Nc2ccc([N+](=O)[O-])cc2C(F)(F)F)cc1C. The molecule has 0 aromatic heterocycles. The van der Waals surface area contributed by atoms with E-state index >= 15 is 0 Å².